The molecule has 0 aliphatic heterocycles. The average molecular weight is 247 g/mol. The van der Waals surface area contributed by atoms with Gasteiger partial charge in [0.05, 0.1) is 0 Å². The zero-order valence-electron chi connectivity index (χ0n) is 9.17. The van der Waals surface area contributed by atoms with Crippen LogP contribution in [0.25, 0.3) is 0 Å². The molecule has 0 unspecified atom stereocenters. The quantitative estimate of drug-likeness (QED) is 0.775. The zero-order valence-corrected chi connectivity index (χ0v) is 9.93. The van der Waals surface area contributed by atoms with E-state index in [2.05, 4.69) is 9.72 Å². The molecule has 1 aromatic heterocycles. The van der Waals surface area contributed by atoms with Gasteiger partial charge < -0.3 is 10.5 Å². The molecular weight excluding hydrogens is 235 g/mol. The fourth-order valence-corrected chi connectivity index (χ4v) is 1.32. The van der Waals surface area contributed by atoms with Crippen molar-refractivity contribution in [3.63, 3.8) is 0 Å². The molecule has 0 aromatic carbocycles. The number of nitrogens with two attached hydrogens (primary N) is 1. The SMILES string of the molecule is CC(C)(C)c1cnc(Cl)c(F)c1OC(N)=O. The second-order valence-electron chi connectivity index (χ2n) is 4.28. The Bertz CT molecular complexity index is 430. The van der Waals surface area contributed by atoms with Gasteiger partial charge >= 0.3 is 6.09 Å². The Hall–Kier alpha value is -1.36. The number of hydrogen-bond acceptors (Lipinski definition) is 3. The fraction of sp³-hybridized carbons (Fsp3) is 0.400. The summed E-state index contributed by atoms with van der Waals surface area (Å²) in [5.41, 5.74) is 4.85. The monoisotopic (exact) mass is 246 g/mol. The normalized spacial score (nSPS) is 11.3. The van der Waals surface area contributed by atoms with Crippen LogP contribution in [0.4, 0.5) is 9.18 Å². The first-order chi connectivity index (χ1) is 7.23. The van der Waals surface area contributed by atoms with Crippen LogP contribution in [0.3, 0.4) is 0 Å². The molecule has 0 bridgehead atoms. The predicted molar refractivity (Wildman–Crippen MR) is 58.1 cm³/mol. The van der Waals surface area contributed by atoms with Crippen LogP contribution in [0.5, 0.6) is 5.75 Å². The number of halogens is 2. The van der Waals surface area contributed by atoms with E-state index in [9.17, 15) is 9.18 Å². The van der Waals surface area contributed by atoms with Crippen LogP contribution in [0, 0.1) is 5.82 Å². The maximum absolute atomic E-state index is 13.6. The number of nitrogens with zero attached hydrogens (tertiary/aromatic N) is 1. The van der Waals surface area contributed by atoms with Gasteiger partial charge in [-0.15, -0.1) is 0 Å². The Kier molecular flexibility index (Phi) is 3.38. The van der Waals surface area contributed by atoms with E-state index in [4.69, 9.17) is 17.3 Å². The van der Waals surface area contributed by atoms with Gasteiger partial charge in [0, 0.05) is 11.8 Å². The number of primary amides is 1. The van der Waals surface area contributed by atoms with E-state index in [0.717, 1.165) is 0 Å². The van der Waals surface area contributed by atoms with Gasteiger partial charge in [0.1, 0.15) is 0 Å². The highest BCUT2D eigenvalue weighted by Crippen LogP contribution is 2.35. The van der Waals surface area contributed by atoms with Crippen LogP contribution < -0.4 is 10.5 Å². The number of hydrogen-bond donors (Lipinski definition) is 1. The summed E-state index contributed by atoms with van der Waals surface area (Å²) in [7, 11) is 0. The second kappa shape index (κ2) is 4.25. The Labute approximate surface area is 97.6 Å². The number of carbonyl (C=O) groups is 1. The van der Waals surface area contributed by atoms with Crippen molar-refractivity contribution in [3.8, 4) is 5.75 Å². The van der Waals surface area contributed by atoms with Gasteiger partial charge in [-0.05, 0) is 5.41 Å². The first-order valence-electron chi connectivity index (χ1n) is 4.55. The van der Waals surface area contributed by atoms with E-state index in [1.54, 1.807) is 0 Å². The van der Waals surface area contributed by atoms with E-state index in [-0.39, 0.29) is 10.9 Å². The average Bonchev–Trinajstić information content (AvgIpc) is 2.10. The molecule has 1 amide bonds. The lowest BCUT2D eigenvalue weighted by Gasteiger charge is -2.21. The van der Waals surface area contributed by atoms with Crippen molar-refractivity contribution in [2.75, 3.05) is 0 Å². The third-order valence-corrected chi connectivity index (χ3v) is 2.21. The number of ether oxygens (including phenoxy) is 1. The number of pyridine rings is 1. The van der Waals surface area contributed by atoms with Gasteiger partial charge in [-0.2, -0.15) is 4.39 Å². The highest BCUT2D eigenvalue weighted by Gasteiger charge is 2.25. The number of aromatic nitrogens is 1. The standard InChI is InChI=1S/C10H12ClFN2O2/c1-10(2,3)5-4-14-8(11)6(12)7(5)16-9(13)15/h4H,1-3H3,(H2,13,15). The molecule has 0 saturated carbocycles. The zero-order chi connectivity index (χ0) is 12.5. The van der Waals surface area contributed by atoms with Crippen molar-refractivity contribution in [1.82, 2.24) is 4.98 Å². The van der Waals surface area contributed by atoms with Gasteiger partial charge in [-0.1, -0.05) is 32.4 Å². The second-order valence-corrected chi connectivity index (χ2v) is 4.63. The van der Waals surface area contributed by atoms with E-state index < -0.39 is 17.3 Å². The third kappa shape index (κ3) is 2.61. The summed E-state index contributed by atoms with van der Waals surface area (Å²) in [6.07, 6.45) is 0.274. The molecule has 1 rings (SSSR count). The summed E-state index contributed by atoms with van der Waals surface area (Å²) in [4.78, 5) is 14.4. The van der Waals surface area contributed by atoms with Crippen LogP contribution in [-0.2, 0) is 5.41 Å². The van der Waals surface area contributed by atoms with Crippen molar-refractivity contribution < 1.29 is 13.9 Å². The Balaban J connectivity index is 3.39. The summed E-state index contributed by atoms with van der Waals surface area (Å²) >= 11 is 5.50. The molecule has 6 heteroatoms. The lowest BCUT2D eigenvalue weighted by atomic mass is 9.87. The molecule has 4 nitrogen and oxygen atoms in total. The van der Waals surface area contributed by atoms with Crippen LogP contribution in [0.15, 0.2) is 6.20 Å². The molecule has 0 aliphatic carbocycles. The highest BCUT2D eigenvalue weighted by atomic mass is 35.5. The molecule has 0 spiro atoms. The highest BCUT2D eigenvalue weighted by molar-refractivity contribution is 6.29. The first kappa shape index (κ1) is 12.7. The van der Waals surface area contributed by atoms with E-state index in [1.165, 1.54) is 6.20 Å². The molecule has 0 aliphatic rings. The van der Waals surface area contributed by atoms with Crippen LogP contribution in [-0.4, -0.2) is 11.1 Å². The number of amides is 1. The van der Waals surface area contributed by atoms with Gasteiger partial charge in [0.25, 0.3) is 0 Å². The van der Waals surface area contributed by atoms with Gasteiger partial charge in [-0.25, -0.2) is 9.78 Å². The molecule has 0 fully saturated rings. The van der Waals surface area contributed by atoms with Crippen LogP contribution in [0.2, 0.25) is 5.15 Å². The molecule has 1 heterocycles. The molecule has 1 aromatic rings. The van der Waals surface area contributed by atoms with Crippen LogP contribution >= 0.6 is 11.6 Å². The minimum Gasteiger partial charge on any atom is -0.407 e. The fourth-order valence-electron chi connectivity index (χ4n) is 1.18. The first-order valence-corrected chi connectivity index (χ1v) is 4.93. The van der Waals surface area contributed by atoms with Crippen molar-refractivity contribution in [3.05, 3.63) is 22.7 Å². The number of rotatable bonds is 1. The minimum absolute atomic E-state index is 0.264. The number of carbonyl (C=O) groups excluding carboxylic acids is 1. The summed E-state index contributed by atoms with van der Waals surface area (Å²) in [6.45, 7) is 5.47. The third-order valence-electron chi connectivity index (χ3n) is 1.94. The maximum atomic E-state index is 13.6. The molecule has 16 heavy (non-hydrogen) atoms. The molecule has 0 saturated heterocycles. The summed E-state index contributed by atoms with van der Waals surface area (Å²) in [6, 6.07) is 0. The molecule has 0 atom stereocenters. The van der Waals surface area contributed by atoms with Crippen molar-refractivity contribution in [2.24, 2.45) is 5.73 Å². The summed E-state index contributed by atoms with van der Waals surface area (Å²) in [5.74, 6) is -1.15. The van der Waals surface area contributed by atoms with Gasteiger partial charge in [0.15, 0.2) is 10.9 Å². The molecule has 0 radical (unpaired) electrons. The maximum Gasteiger partial charge on any atom is 0.410 e. The van der Waals surface area contributed by atoms with Crippen molar-refractivity contribution in [2.45, 2.75) is 26.2 Å². The molecule has 88 valence electrons. The lowest BCUT2D eigenvalue weighted by molar-refractivity contribution is 0.207. The van der Waals surface area contributed by atoms with Gasteiger partial charge in [0.2, 0.25) is 5.82 Å². The smallest absolute Gasteiger partial charge is 0.407 e. The van der Waals surface area contributed by atoms with Crippen LogP contribution in [0.1, 0.15) is 26.3 Å². The largest absolute Gasteiger partial charge is 0.410 e. The lowest BCUT2D eigenvalue weighted by Crippen LogP contribution is -2.21. The molecule has 2 N–H and O–H groups in total. The predicted octanol–water partition coefficient (Wildman–Crippen LogP) is 2.63. The Morgan fingerprint density at radius 1 is 1.56 bits per heavy atom. The summed E-state index contributed by atoms with van der Waals surface area (Å²) < 4.78 is 18.2. The Morgan fingerprint density at radius 3 is 2.56 bits per heavy atom. The van der Waals surface area contributed by atoms with E-state index in [1.807, 2.05) is 20.8 Å². The minimum atomic E-state index is -1.09. The van der Waals surface area contributed by atoms with Crippen molar-refractivity contribution in [1.29, 1.82) is 0 Å². The Morgan fingerprint density at radius 2 is 2.12 bits per heavy atom. The van der Waals surface area contributed by atoms with E-state index >= 15 is 0 Å². The molecular formula is C10H12ClFN2O2. The van der Waals surface area contributed by atoms with E-state index in [0.29, 0.717) is 5.56 Å². The summed E-state index contributed by atoms with van der Waals surface area (Å²) in [5, 5.41) is -0.357. The van der Waals surface area contributed by atoms with Gasteiger partial charge in [-0.3, -0.25) is 0 Å². The topological polar surface area (TPSA) is 65.2 Å². The van der Waals surface area contributed by atoms with Crippen molar-refractivity contribution >= 4 is 17.7 Å².